The second-order valence-electron chi connectivity index (χ2n) is 3.55. The summed E-state index contributed by atoms with van der Waals surface area (Å²) in [5.41, 5.74) is 1.16. The fourth-order valence-electron chi connectivity index (χ4n) is 1.83. The van der Waals surface area contributed by atoms with Gasteiger partial charge in [-0.1, -0.05) is 0 Å². The molecule has 1 aromatic heterocycles. The molecular formula is C10H9FN2O. The lowest BCUT2D eigenvalue weighted by Gasteiger charge is -2.22. The molecule has 0 amide bonds. The second kappa shape index (κ2) is 2.47. The Morgan fingerprint density at radius 1 is 1.57 bits per heavy atom. The number of ether oxygens (including phenoxy) is 1. The van der Waals surface area contributed by atoms with Gasteiger partial charge in [0, 0.05) is 0 Å². The molecule has 2 aromatic rings. The van der Waals surface area contributed by atoms with Crippen LogP contribution in [0.5, 0.6) is 5.75 Å². The van der Waals surface area contributed by atoms with Gasteiger partial charge in [-0.3, -0.25) is 0 Å². The van der Waals surface area contributed by atoms with Gasteiger partial charge in [0.2, 0.25) is 0 Å². The average molecular weight is 192 g/mol. The van der Waals surface area contributed by atoms with Gasteiger partial charge >= 0.3 is 0 Å². The van der Waals surface area contributed by atoms with Crippen molar-refractivity contribution in [2.75, 3.05) is 6.61 Å². The molecule has 0 spiro atoms. The number of halogens is 1. The van der Waals surface area contributed by atoms with E-state index in [0.29, 0.717) is 12.1 Å². The van der Waals surface area contributed by atoms with Crippen LogP contribution in [0, 0.1) is 5.82 Å². The summed E-state index contributed by atoms with van der Waals surface area (Å²) in [5.74, 6) is 0.428. The molecule has 0 radical (unpaired) electrons. The standard InChI is InChI=1S/C10H9FN2O/c1-6-4-14-8-3-2-7(11)9-10(8)13(6)5-12-9/h2-3,5-6H,4H2,1H3/t6-/m0/s1. The zero-order chi connectivity index (χ0) is 9.71. The maximum atomic E-state index is 13.3. The zero-order valence-corrected chi connectivity index (χ0v) is 7.70. The maximum Gasteiger partial charge on any atom is 0.151 e. The molecule has 1 aliphatic rings. The Labute approximate surface area is 80.1 Å². The number of aromatic nitrogens is 2. The number of rotatable bonds is 0. The van der Waals surface area contributed by atoms with Crippen molar-refractivity contribution in [3.05, 3.63) is 24.3 Å². The molecule has 0 N–H and O–H groups in total. The maximum absolute atomic E-state index is 13.3. The molecule has 0 bridgehead atoms. The van der Waals surface area contributed by atoms with Gasteiger partial charge < -0.3 is 9.30 Å². The van der Waals surface area contributed by atoms with Crippen molar-refractivity contribution in [1.82, 2.24) is 9.55 Å². The lowest BCUT2D eigenvalue weighted by Crippen LogP contribution is -2.18. The van der Waals surface area contributed by atoms with Gasteiger partial charge in [-0.15, -0.1) is 0 Å². The van der Waals surface area contributed by atoms with Crippen LogP contribution >= 0.6 is 0 Å². The Morgan fingerprint density at radius 3 is 3.29 bits per heavy atom. The molecule has 4 heteroatoms. The number of benzene rings is 1. The fraction of sp³-hybridized carbons (Fsp3) is 0.300. The van der Waals surface area contributed by atoms with E-state index in [1.165, 1.54) is 6.07 Å². The number of hydrogen-bond acceptors (Lipinski definition) is 2. The molecule has 0 saturated carbocycles. The molecule has 72 valence electrons. The van der Waals surface area contributed by atoms with Crippen molar-refractivity contribution in [1.29, 1.82) is 0 Å². The topological polar surface area (TPSA) is 27.1 Å². The van der Waals surface area contributed by atoms with Gasteiger partial charge in [-0.2, -0.15) is 0 Å². The van der Waals surface area contributed by atoms with Crippen LogP contribution in [0.3, 0.4) is 0 Å². The molecule has 2 heterocycles. The highest BCUT2D eigenvalue weighted by molar-refractivity contribution is 5.83. The molecule has 0 saturated heterocycles. The smallest absolute Gasteiger partial charge is 0.151 e. The molecule has 14 heavy (non-hydrogen) atoms. The van der Waals surface area contributed by atoms with Crippen LogP contribution in [0.2, 0.25) is 0 Å². The molecule has 3 rings (SSSR count). The molecule has 0 unspecified atom stereocenters. The quantitative estimate of drug-likeness (QED) is 0.639. The highest BCUT2D eigenvalue weighted by Gasteiger charge is 2.21. The van der Waals surface area contributed by atoms with Crippen molar-refractivity contribution >= 4 is 11.0 Å². The molecule has 0 fully saturated rings. The summed E-state index contributed by atoms with van der Waals surface area (Å²) in [5, 5.41) is 0. The number of nitrogens with zero attached hydrogens (tertiary/aromatic N) is 2. The van der Waals surface area contributed by atoms with E-state index in [0.717, 1.165) is 11.3 Å². The van der Waals surface area contributed by atoms with Crippen molar-refractivity contribution in [2.45, 2.75) is 13.0 Å². The first kappa shape index (κ1) is 7.79. The minimum atomic E-state index is -0.291. The van der Waals surface area contributed by atoms with E-state index in [4.69, 9.17) is 4.74 Å². The Bertz CT molecular complexity index is 506. The minimum absolute atomic E-state index is 0.217. The number of imidazole rings is 1. The summed E-state index contributed by atoms with van der Waals surface area (Å²) in [4.78, 5) is 4.05. The summed E-state index contributed by atoms with van der Waals surface area (Å²) in [7, 11) is 0. The third-order valence-corrected chi connectivity index (χ3v) is 2.59. The summed E-state index contributed by atoms with van der Waals surface area (Å²) < 4.78 is 20.8. The minimum Gasteiger partial charge on any atom is -0.489 e. The van der Waals surface area contributed by atoms with Gasteiger partial charge in [-0.05, 0) is 19.1 Å². The van der Waals surface area contributed by atoms with Gasteiger partial charge in [0.1, 0.15) is 23.4 Å². The largest absolute Gasteiger partial charge is 0.489 e. The van der Waals surface area contributed by atoms with E-state index in [9.17, 15) is 4.39 Å². The first-order valence-corrected chi connectivity index (χ1v) is 4.55. The monoisotopic (exact) mass is 192 g/mol. The Morgan fingerprint density at radius 2 is 2.43 bits per heavy atom. The van der Waals surface area contributed by atoms with Crippen LogP contribution in [0.25, 0.3) is 11.0 Å². The molecule has 1 aliphatic heterocycles. The van der Waals surface area contributed by atoms with Gasteiger partial charge in [0.05, 0.1) is 12.4 Å². The Kier molecular flexibility index (Phi) is 1.37. The van der Waals surface area contributed by atoms with E-state index >= 15 is 0 Å². The summed E-state index contributed by atoms with van der Waals surface area (Å²) in [6.45, 7) is 2.64. The second-order valence-corrected chi connectivity index (χ2v) is 3.55. The highest BCUT2D eigenvalue weighted by Crippen LogP contribution is 2.32. The Balaban J connectivity index is 2.45. The molecule has 1 atom stereocenters. The predicted molar refractivity (Wildman–Crippen MR) is 49.9 cm³/mol. The first-order valence-electron chi connectivity index (χ1n) is 4.55. The van der Waals surface area contributed by atoms with E-state index < -0.39 is 0 Å². The molecule has 0 aliphatic carbocycles. The molecular weight excluding hydrogens is 183 g/mol. The lowest BCUT2D eigenvalue weighted by molar-refractivity contribution is 0.248. The van der Waals surface area contributed by atoms with Crippen LogP contribution < -0.4 is 4.74 Å². The molecule has 1 aromatic carbocycles. The van der Waals surface area contributed by atoms with E-state index in [1.807, 2.05) is 11.5 Å². The summed E-state index contributed by atoms with van der Waals surface area (Å²) in [6.07, 6.45) is 1.67. The van der Waals surface area contributed by atoms with Gasteiger partial charge in [0.15, 0.2) is 5.82 Å². The van der Waals surface area contributed by atoms with E-state index in [2.05, 4.69) is 4.98 Å². The van der Waals surface area contributed by atoms with Crippen LogP contribution in [0.15, 0.2) is 18.5 Å². The van der Waals surface area contributed by atoms with Crippen LogP contribution in [0.1, 0.15) is 13.0 Å². The lowest BCUT2D eigenvalue weighted by atomic mass is 10.2. The van der Waals surface area contributed by atoms with Gasteiger partial charge in [0.25, 0.3) is 0 Å². The van der Waals surface area contributed by atoms with Crippen molar-refractivity contribution < 1.29 is 9.13 Å². The third kappa shape index (κ3) is 0.828. The van der Waals surface area contributed by atoms with Crippen LogP contribution in [-0.4, -0.2) is 16.2 Å². The summed E-state index contributed by atoms with van der Waals surface area (Å²) in [6, 6.07) is 3.27. The fourth-order valence-corrected chi connectivity index (χ4v) is 1.83. The average Bonchev–Trinajstić information content (AvgIpc) is 2.62. The predicted octanol–water partition coefficient (Wildman–Crippen LogP) is 2.13. The van der Waals surface area contributed by atoms with Gasteiger partial charge in [-0.25, -0.2) is 9.37 Å². The van der Waals surface area contributed by atoms with Crippen molar-refractivity contribution in [3.63, 3.8) is 0 Å². The summed E-state index contributed by atoms with van der Waals surface area (Å²) >= 11 is 0. The van der Waals surface area contributed by atoms with Crippen LogP contribution in [0.4, 0.5) is 4.39 Å². The van der Waals surface area contributed by atoms with Crippen LogP contribution in [-0.2, 0) is 0 Å². The zero-order valence-electron chi connectivity index (χ0n) is 7.70. The highest BCUT2D eigenvalue weighted by atomic mass is 19.1. The normalized spacial score (nSPS) is 19.7. The van der Waals surface area contributed by atoms with E-state index in [-0.39, 0.29) is 11.9 Å². The third-order valence-electron chi connectivity index (χ3n) is 2.59. The SMILES string of the molecule is C[C@H]1COc2ccc(F)c3ncn1c23. The van der Waals surface area contributed by atoms with Crippen molar-refractivity contribution in [2.24, 2.45) is 0 Å². The first-order chi connectivity index (χ1) is 6.77. The van der Waals surface area contributed by atoms with Crippen molar-refractivity contribution in [3.8, 4) is 5.75 Å². The van der Waals surface area contributed by atoms with E-state index in [1.54, 1.807) is 12.4 Å². The molecule has 3 nitrogen and oxygen atoms in total. The Hall–Kier alpha value is -1.58. The number of hydrogen-bond donors (Lipinski definition) is 0.